The Morgan fingerprint density at radius 2 is 2.42 bits per heavy atom. The van der Waals surface area contributed by atoms with E-state index < -0.39 is 6.10 Å². The lowest BCUT2D eigenvalue weighted by Gasteiger charge is -2.21. The molecule has 0 radical (unpaired) electrons. The smallest absolute Gasteiger partial charge is 0.196 e. The van der Waals surface area contributed by atoms with E-state index in [1.165, 1.54) is 5.56 Å². The van der Waals surface area contributed by atoms with Crippen LogP contribution in [0.1, 0.15) is 36.5 Å². The summed E-state index contributed by atoms with van der Waals surface area (Å²) in [7, 11) is 0. The molecule has 2 aliphatic rings. The highest BCUT2D eigenvalue weighted by molar-refractivity contribution is 5.82. The average molecular weight is 330 g/mol. The van der Waals surface area contributed by atoms with E-state index in [9.17, 15) is 5.11 Å². The number of hydrogen-bond donors (Lipinski definition) is 4. The van der Waals surface area contributed by atoms with E-state index in [-0.39, 0.29) is 12.0 Å². The predicted molar refractivity (Wildman–Crippen MR) is 94.6 cm³/mol. The third-order valence-electron chi connectivity index (χ3n) is 4.34. The van der Waals surface area contributed by atoms with Crippen molar-refractivity contribution in [1.29, 1.82) is 0 Å². The monoisotopic (exact) mass is 330 g/mol. The lowest BCUT2D eigenvalue weighted by Crippen LogP contribution is -2.40. The highest BCUT2D eigenvalue weighted by Gasteiger charge is 2.21. The average Bonchev–Trinajstić information content (AvgIpc) is 3.04. The van der Waals surface area contributed by atoms with E-state index in [0.29, 0.717) is 13.0 Å². The highest BCUT2D eigenvalue weighted by atomic mass is 16.3. The van der Waals surface area contributed by atoms with E-state index in [1.54, 1.807) is 6.08 Å². The number of hydrogen-bond acceptors (Lipinski definition) is 4. The number of aliphatic hydroxyl groups is 1. The SMILES string of the molecule is C=CC(O)C[C@H](C)CN=C1NC=CC(c2cc3c(o2)CCNC3)N1. The largest absolute Gasteiger partial charge is 0.463 e. The fourth-order valence-electron chi connectivity index (χ4n) is 2.98. The molecule has 3 rings (SSSR count). The van der Waals surface area contributed by atoms with Crippen molar-refractivity contribution < 1.29 is 9.52 Å². The number of nitrogens with one attached hydrogen (secondary N) is 3. The minimum absolute atomic E-state index is 0.00956. The van der Waals surface area contributed by atoms with E-state index in [1.807, 2.05) is 12.3 Å². The first kappa shape index (κ1) is 16.8. The fraction of sp³-hybridized carbons (Fsp3) is 0.500. The molecule has 2 unspecified atom stereocenters. The van der Waals surface area contributed by atoms with Crippen molar-refractivity contribution in [2.45, 2.75) is 38.5 Å². The van der Waals surface area contributed by atoms with Crippen LogP contribution in [0.15, 0.2) is 40.4 Å². The standard InChI is InChI=1S/C18H26N4O2/c1-3-14(23)8-12(2)10-21-18-20-7-4-15(22-18)17-9-13-11-19-6-5-16(13)24-17/h3-4,7,9,12,14-15,19,23H,1,5-6,8,10-11H2,2H3,(H2,20,21,22)/t12-,14?,15?/m0/s1. The zero-order valence-corrected chi connectivity index (χ0v) is 14.1. The van der Waals surface area contributed by atoms with Gasteiger partial charge in [0.05, 0.1) is 6.10 Å². The number of fused-ring (bicyclic) bond motifs is 1. The molecule has 0 fully saturated rings. The summed E-state index contributed by atoms with van der Waals surface area (Å²) in [5, 5.41) is 19.4. The minimum Gasteiger partial charge on any atom is -0.463 e. The van der Waals surface area contributed by atoms with Crippen LogP contribution in [0.3, 0.4) is 0 Å². The lowest BCUT2D eigenvalue weighted by molar-refractivity contribution is 0.193. The Hall–Kier alpha value is -2.05. The second-order valence-corrected chi connectivity index (χ2v) is 6.48. The van der Waals surface area contributed by atoms with Gasteiger partial charge in [0.25, 0.3) is 0 Å². The first-order valence-corrected chi connectivity index (χ1v) is 8.52. The zero-order valence-electron chi connectivity index (χ0n) is 14.1. The van der Waals surface area contributed by atoms with Gasteiger partial charge in [-0.05, 0) is 24.5 Å². The van der Waals surface area contributed by atoms with Gasteiger partial charge in [0.1, 0.15) is 17.6 Å². The van der Waals surface area contributed by atoms with Crippen molar-refractivity contribution in [3.05, 3.63) is 48.1 Å². The zero-order chi connectivity index (χ0) is 16.9. The van der Waals surface area contributed by atoms with Gasteiger partial charge in [0.15, 0.2) is 5.96 Å². The molecule has 3 heterocycles. The van der Waals surface area contributed by atoms with E-state index in [4.69, 9.17) is 4.42 Å². The van der Waals surface area contributed by atoms with Gasteiger partial charge in [-0.3, -0.25) is 4.99 Å². The second kappa shape index (κ2) is 7.68. The molecule has 4 N–H and O–H groups in total. The molecular weight excluding hydrogens is 304 g/mol. The number of aliphatic imine (C=N–C) groups is 1. The van der Waals surface area contributed by atoms with Gasteiger partial charge in [0.2, 0.25) is 0 Å². The maximum atomic E-state index is 9.61. The van der Waals surface area contributed by atoms with Gasteiger partial charge in [-0.1, -0.05) is 13.0 Å². The third kappa shape index (κ3) is 4.07. The van der Waals surface area contributed by atoms with Crippen LogP contribution in [0, 0.1) is 5.92 Å². The van der Waals surface area contributed by atoms with Crippen molar-refractivity contribution in [2.24, 2.45) is 10.9 Å². The topological polar surface area (TPSA) is 81.8 Å². The van der Waals surface area contributed by atoms with Crippen molar-refractivity contribution in [3.63, 3.8) is 0 Å². The fourth-order valence-corrected chi connectivity index (χ4v) is 2.98. The summed E-state index contributed by atoms with van der Waals surface area (Å²) in [6.45, 7) is 8.15. The summed E-state index contributed by atoms with van der Waals surface area (Å²) in [6, 6.07) is 2.11. The molecule has 0 aliphatic carbocycles. The molecule has 6 heteroatoms. The molecule has 1 aromatic heterocycles. The highest BCUT2D eigenvalue weighted by Crippen LogP contribution is 2.25. The molecule has 0 bridgehead atoms. The summed E-state index contributed by atoms with van der Waals surface area (Å²) in [4.78, 5) is 4.57. The summed E-state index contributed by atoms with van der Waals surface area (Å²) in [5.74, 6) is 3.02. The number of nitrogens with zero attached hydrogens (tertiary/aromatic N) is 1. The van der Waals surface area contributed by atoms with E-state index >= 15 is 0 Å². The molecule has 0 amide bonds. The molecule has 130 valence electrons. The van der Waals surface area contributed by atoms with E-state index in [0.717, 1.165) is 37.0 Å². The van der Waals surface area contributed by atoms with Crippen LogP contribution in [-0.2, 0) is 13.0 Å². The van der Waals surface area contributed by atoms with Crippen LogP contribution in [0.5, 0.6) is 0 Å². The molecule has 1 aromatic rings. The molecule has 0 aromatic carbocycles. The number of guanidine groups is 1. The van der Waals surface area contributed by atoms with Crippen molar-refractivity contribution in [2.75, 3.05) is 13.1 Å². The minimum atomic E-state index is -0.469. The summed E-state index contributed by atoms with van der Waals surface area (Å²) < 4.78 is 6.01. The van der Waals surface area contributed by atoms with Crippen LogP contribution < -0.4 is 16.0 Å². The maximum Gasteiger partial charge on any atom is 0.196 e. The molecule has 2 aliphatic heterocycles. The number of rotatable bonds is 6. The molecular formula is C18H26N4O2. The van der Waals surface area contributed by atoms with Gasteiger partial charge in [0, 0.05) is 37.8 Å². The van der Waals surface area contributed by atoms with Crippen LogP contribution in [0.4, 0.5) is 0 Å². The summed E-state index contributed by atoms with van der Waals surface area (Å²) >= 11 is 0. The van der Waals surface area contributed by atoms with Crippen LogP contribution in [-0.4, -0.2) is 30.3 Å². The molecule has 3 atom stereocenters. The van der Waals surface area contributed by atoms with Gasteiger partial charge in [-0.15, -0.1) is 6.58 Å². The quantitative estimate of drug-likeness (QED) is 0.596. The molecule has 0 spiro atoms. The van der Waals surface area contributed by atoms with Gasteiger partial charge < -0.3 is 25.5 Å². The second-order valence-electron chi connectivity index (χ2n) is 6.48. The first-order valence-electron chi connectivity index (χ1n) is 8.52. The Morgan fingerprint density at radius 3 is 3.21 bits per heavy atom. The van der Waals surface area contributed by atoms with E-state index in [2.05, 4.69) is 40.5 Å². The number of furan rings is 1. The predicted octanol–water partition coefficient (Wildman–Crippen LogP) is 1.60. The van der Waals surface area contributed by atoms with Gasteiger partial charge in [-0.2, -0.15) is 0 Å². The summed E-state index contributed by atoms with van der Waals surface area (Å²) in [5.41, 5.74) is 1.25. The van der Waals surface area contributed by atoms with Crippen molar-refractivity contribution in [1.82, 2.24) is 16.0 Å². The van der Waals surface area contributed by atoms with Crippen LogP contribution >= 0.6 is 0 Å². The van der Waals surface area contributed by atoms with Crippen LogP contribution in [0.25, 0.3) is 0 Å². The van der Waals surface area contributed by atoms with Gasteiger partial charge in [-0.25, -0.2) is 0 Å². The normalized spacial score (nSPS) is 23.9. The van der Waals surface area contributed by atoms with Gasteiger partial charge >= 0.3 is 0 Å². The molecule has 6 nitrogen and oxygen atoms in total. The lowest BCUT2D eigenvalue weighted by atomic mass is 10.0. The van der Waals surface area contributed by atoms with Crippen molar-refractivity contribution in [3.8, 4) is 0 Å². The Kier molecular flexibility index (Phi) is 5.37. The first-order chi connectivity index (χ1) is 11.7. The van der Waals surface area contributed by atoms with Crippen LogP contribution in [0.2, 0.25) is 0 Å². The Labute approximate surface area is 142 Å². The Morgan fingerprint density at radius 1 is 1.54 bits per heavy atom. The third-order valence-corrected chi connectivity index (χ3v) is 4.34. The Bertz CT molecular complexity index is 611. The molecule has 0 saturated heterocycles. The Balaban J connectivity index is 1.61. The molecule has 0 saturated carbocycles. The number of aliphatic hydroxyl groups excluding tert-OH is 1. The maximum absolute atomic E-state index is 9.61. The molecule has 24 heavy (non-hydrogen) atoms. The summed E-state index contributed by atoms with van der Waals surface area (Å²) in [6.07, 6.45) is 6.62. The van der Waals surface area contributed by atoms with Crippen molar-refractivity contribution >= 4 is 5.96 Å².